The molecule has 11 heteroatoms. The number of amides is 1. The number of hydrogen-bond donors (Lipinski definition) is 1. The molecule has 0 aliphatic heterocycles. The maximum Gasteiger partial charge on any atom is 0.433 e. The highest BCUT2D eigenvalue weighted by Gasteiger charge is 2.33. The van der Waals surface area contributed by atoms with Crippen molar-refractivity contribution in [1.29, 1.82) is 0 Å². The molecule has 1 N–H and O–H groups in total. The fourth-order valence-corrected chi connectivity index (χ4v) is 3.26. The number of nitrogens with one attached hydrogen (secondary N) is 1. The molecule has 0 spiro atoms. The smallest absolute Gasteiger partial charge is 0.433 e. The van der Waals surface area contributed by atoms with Crippen LogP contribution in [0.2, 0.25) is 0 Å². The average molecular weight is 445 g/mol. The topological polar surface area (TPSA) is 89.9 Å². The number of alkyl halides is 3. The van der Waals surface area contributed by atoms with E-state index in [1.165, 1.54) is 25.6 Å². The van der Waals surface area contributed by atoms with Gasteiger partial charge in [-0.05, 0) is 30.9 Å². The van der Waals surface area contributed by atoms with Crippen molar-refractivity contribution in [3.63, 3.8) is 0 Å². The first-order valence-corrected chi connectivity index (χ1v) is 9.89. The van der Waals surface area contributed by atoms with Gasteiger partial charge in [0.15, 0.2) is 5.01 Å². The van der Waals surface area contributed by atoms with E-state index in [1.807, 2.05) is 0 Å². The summed E-state index contributed by atoms with van der Waals surface area (Å²) in [4.78, 5) is 20.2. The molecule has 158 valence electrons. The number of anilines is 1. The molecule has 3 heterocycles. The molecule has 1 saturated carbocycles. The van der Waals surface area contributed by atoms with Gasteiger partial charge in [-0.25, -0.2) is 4.98 Å². The molecule has 1 aliphatic rings. The van der Waals surface area contributed by atoms with Crippen molar-refractivity contribution in [3.05, 3.63) is 47.0 Å². The summed E-state index contributed by atoms with van der Waals surface area (Å²) in [6.45, 7) is 0. The Morgan fingerprint density at radius 2 is 2.06 bits per heavy atom. The molecule has 3 aromatic rings. The highest BCUT2D eigenvalue weighted by Crippen LogP contribution is 2.37. The van der Waals surface area contributed by atoms with E-state index < -0.39 is 17.8 Å². The van der Waals surface area contributed by atoms with Crippen LogP contribution < -0.4 is 10.1 Å². The molecule has 0 aromatic carbocycles. The molecule has 1 fully saturated rings. The largest absolute Gasteiger partial charge is 0.494 e. The molecule has 7 nitrogen and oxygen atoms in total. The summed E-state index contributed by atoms with van der Waals surface area (Å²) < 4.78 is 44.6. The monoisotopic (exact) mass is 445 g/mol. The fourth-order valence-electron chi connectivity index (χ4n) is 2.66. The van der Waals surface area contributed by atoms with Gasteiger partial charge in [0.05, 0.1) is 18.9 Å². The minimum Gasteiger partial charge on any atom is -0.494 e. The number of rotatable bonds is 4. The second-order valence-electron chi connectivity index (χ2n) is 6.60. The Balaban J connectivity index is 1.65. The maximum absolute atomic E-state index is 13.2. The molecule has 31 heavy (non-hydrogen) atoms. The molecule has 1 aliphatic carbocycles. The lowest BCUT2D eigenvalue weighted by Crippen LogP contribution is -2.14. The van der Waals surface area contributed by atoms with Crippen LogP contribution in [0.4, 0.5) is 18.3 Å². The lowest BCUT2D eigenvalue weighted by Gasteiger charge is -2.14. The second-order valence-corrected chi connectivity index (χ2v) is 7.58. The number of carbonyl (C=O) groups excluding carboxylic acids is 1. The van der Waals surface area contributed by atoms with E-state index in [2.05, 4.69) is 37.3 Å². The summed E-state index contributed by atoms with van der Waals surface area (Å²) >= 11 is 1.11. The number of ether oxygens (including phenoxy) is 1. The van der Waals surface area contributed by atoms with E-state index in [0.29, 0.717) is 10.9 Å². The molecule has 0 atom stereocenters. The van der Waals surface area contributed by atoms with Crippen molar-refractivity contribution in [3.8, 4) is 28.7 Å². The van der Waals surface area contributed by atoms with Crippen LogP contribution in [0.3, 0.4) is 0 Å². The molecule has 1 amide bonds. The summed E-state index contributed by atoms with van der Waals surface area (Å²) in [7, 11) is 1.30. The van der Waals surface area contributed by atoms with Crippen molar-refractivity contribution in [2.24, 2.45) is 5.92 Å². The number of methoxy groups -OCH3 is 1. The summed E-state index contributed by atoms with van der Waals surface area (Å²) in [6, 6.07) is 2.22. The molecule has 4 rings (SSSR count). The third-order valence-corrected chi connectivity index (χ3v) is 5.09. The van der Waals surface area contributed by atoms with Crippen LogP contribution in [0.5, 0.6) is 5.75 Å². The van der Waals surface area contributed by atoms with Crippen molar-refractivity contribution in [2.75, 3.05) is 12.4 Å². The highest BCUT2D eigenvalue weighted by atomic mass is 32.1. The van der Waals surface area contributed by atoms with Crippen LogP contribution in [0.15, 0.2) is 30.7 Å². The Bertz CT molecular complexity index is 1200. The average Bonchev–Trinajstić information content (AvgIpc) is 3.49. The van der Waals surface area contributed by atoms with Crippen LogP contribution in [0.1, 0.15) is 33.9 Å². The van der Waals surface area contributed by atoms with Gasteiger partial charge < -0.3 is 4.74 Å². The molecule has 3 aromatic heterocycles. The highest BCUT2D eigenvalue weighted by molar-refractivity contribution is 7.15. The van der Waals surface area contributed by atoms with Crippen molar-refractivity contribution in [1.82, 2.24) is 20.2 Å². The third kappa shape index (κ3) is 4.80. The van der Waals surface area contributed by atoms with E-state index in [4.69, 9.17) is 4.74 Å². The van der Waals surface area contributed by atoms with Crippen molar-refractivity contribution >= 4 is 22.4 Å². The molecular weight excluding hydrogens is 431 g/mol. The Labute approximate surface area is 178 Å². The Hall–Kier alpha value is -3.52. The van der Waals surface area contributed by atoms with Gasteiger partial charge in [0.1, 0.15) is 11.4 Å². The zero-order valence-electron chi connectivity index (χ0n) is 16.0. The quantitative estimate of drug-likeness (QED) is 0.610. The van der Waals surface area contributed by atoms with E-state index in [9.17, 15) is 18.0 Å². The fraction of sp³-hybridized carbons (Fsp3) is 0.250. The van der Waals surface area contributed by atoms with Gasteiger partial charge in [0, 0.05) is 29.4 Å². The Morgan fingerprint density at radius 1 is 1.26 bits per heavy atom. The first-order chi connectivity index (χ1) is 14.8. The van der Waals surface area contributed by atoms with Gasteiger partial charge in [-0.2, -0.15) is 13.2 Å². The summed E-state index contributed by atoms with van der Waals surface area (Å²) in [5.41, 5.74) is -0.825. The van der Waals surface area contributed by atoms with E-state index in [-0.39, 0.29) is 27.6 Å². The van der Waals surface area contributed by atoms with Gasteiger partial charge in [-0.1, -0.05) is 17.3 Å². The molecule has 0 saturated heterocycles. The van der Waals surface area contributed by atoms with Crippen molar-refractivity contribution < 1.29 is 22.7 Å². The molecule has 0 bridgehead atoms. The van der Waals surface area contributed by atoms with Crippen LogP contribution >= 0.6 is 11.3 Å². The number of nitrogens with zero attached hydrogens (tertiary/aromatic N) is 4. The number of carbonyl (C=O) groups is 1. The Kier molecular flexibility index (Phi) is 5.56. The van der Waals surface area contributed by atoms with Gasteiger partial charge in [-0.15, -0.1) is 10.2 Å². The van der Waals surface area contributed by atoms with Crippen LogP contribution in [0.25, 0.3) is 11.1 Å². The van der Waals surface area contributed by atoms with Crippen LogP contribution in [0, 0.1) is 17.8 Å². The number of pyridine rings is 2. The SMILES string of the molecule is COc1cnc(C(F)(F)F)cc1-c1cnccc1C(=O)Nc1nnc(C#CC2CC2)s1. The van der Waals surface area contributed by atoms with E-state index >= 15 is 0 Å². The van der Waals surface area contributed by atoms with Gasteiger partial charge in [0.25, 0.3) is 5.91 Å². The van der Waals surface area contributed by atoms with Gasteiger partial charge >= 0.3 is 6.18 Å². The minimum absolute atomic E-state index is 0.0383. The van der Waals surface area contributed by atoms with Crippen LogP contribution in [-0.4, -0.2) is 33.2 Å². The minimum atomic E-state index is -4.66. The summed E-state index contributed by atoms with van der Waals surface area (Å²) in [5.74, 6) is 5.87. The predicted octanol–water partition coefficient (Wildman–Crippen LogP) is 4.04. The van der Waals surface area contributed by atoms with Crippen LogP contribution in [-0.2, 0) is 6.18 Å². The van der Waals surface area contributed by atoms with Gasteiger partial charge in [-0.3, -0.25) is 15.1 Å². The standard InChI is InChI=1S/C20H14F3N5O2S/c1-30-15-10-25-16(20(21,22)23)8-13(15)14-9-24-7-6-12(14)18(29)26-19-28-27-17(31-19)5-4-11-2-3-11/h6-11H,2-3H2,1H3,(H,26,28,29). The molecule has 0 unspecified atom stereocenters. The summed E-state index contributed by atoms with van der Waals surface area (Å²) in [5, 5.41) is 11.1. The first kappa shape index (κ1) is 20.7. The third-order valence-electron chi connectivity index (χ3n) is 4.34. The first-order valence-electron chi connectivity index (χ1n) is 9.07. The van der Waals surface area contributed by atoms with E-state index in [0.717, 1.165) is 36.4 Å². The Morgan fingerprint density at radius 3 is 2.77 bits per heavy atom. The number of halogens is 3. The summed E-state index contributed by atoms with van der Waals surface area (Å²) in [6.07, 6.45) is 1.12. The predicted molar refractivity (Wildman–Crippen MR) is 106 cm³/mol. The number of aromatic nitrogens is 4. The normalized spacial score (nSPS) is 13.3. The van der Waals surface area contributed by atoms with Gasteiger partial charge in [0.2, 0.25) is 5.13 Å². The maximum atomic E-state index is 13.2. The van der Waals surface area contributed by atoms with Crippen molar-refractivity contribution in [2.45, 2.75) is 19.0 Å². The molecular formula is C20H14F3N5O2S. The molecule has 0 radical (unpaired) electrons. The number of hydrogen-bond acceptors (Lipinski definition) is 7. The zero-order chi connectivity index (χ0) is 22.0. The second kappa shape index (κ2) is 8.31. The lowest BCUT2D eigenvalue weighted by atomic mass is 10.0. The zero-order valence-corrected chi connectivity index (χ0v) is 16.8. The lowest BCUT2D eigenvalue weighted by molar-refractivity contribution is -0.141. The van der Waals surface area contributed by atoms with E-state index in [1.54, 1.807) is 0 Å².